The minimum Gasteiger partial charge on any atom is -0.357 e. The molecule has 0 aliphatic carbocycles. The lowest BCUT2D eigenvalue weighted by atomic mass is 9.90. The van der Waals surface area contributed by atoms with Crippen LogP contribution in [0.2, 0.25) is 0 Å². The Morgan fingerprint density at radius 2 is 1.96 bits per heavy atom. The van der Waals surface area contributed by atoms with Gasteiger partial charge in [0.1, 0.15) is 0 Å². The number of carbonyl (C=O) groups is 1. The van der Waals surface area contributed by atoms with E-state index in [1.807, 2.05) is 0 Å². The summed E-state index contributed by atoms with van der Waals surface area (Å²) in [5, 5.41) is 2.80. The number of hydrogen-bond donors (Lipinski definition) is 1. The van der Waals surface area contributed by atoms with Gasteiger partial charge in [0.25, 0.3) is 5.91 Å². The lowest BCUT2D eigenvalue weighted by molar-refractivity contribution is -0.138. The molecule has 2 aromatic rings. The highest BCUT2D eigenvalue weighted by Crippen LogP contribution is 2.33. The van der Waals surface area contributed by atoms with Crippen molar-refractivity contribution in [2.45, 2.75) is 31.9 Å². The summed E-state index contributed by atoms with van der Waals surface area (Å²) in [6, 6.07) is 5.71. The molecule has 28 heavy (non-hydrogen) atoms. The summed E-state index contributed by atoms with van der Waals surface area (Å²) >= 11 is 0. The van der Waals surface area contributed by atoms with Gasteiger partial charge < -0.3 is 10.2 Å². The Morgan fingerprint density at radius 3 is 2.64 bits per heavy atom. The van der Waals surface area contributed by atoms with Crippen molar-refractivity contribution in [3.8, 4) is 0 Å². The van der Waals surface area contributed by atoms with Crippen LogP contribution >= 0.6 is 0 Å². The molecule has 0 bridgehead atoms. The number of alkyl halides is 3. The molecule has 0 spiro atoms. The van der Waals surface area contributed by atoms with Gasteiger partial charge in [-0.2, -0.15) is 13.2 Å². The number of nitrogens with one attached hydrogen (secondary N) is 1. The second kappa shape index (κ2) is 8.58. The highest BCUT2D eigenvalue weighted by molar-refractivity contribution is 5.93. The number of nitrogens with zero attached hydrogens (tertiary/aromatic N) is 3. The summed E-state index contributed by atoms with van der Waals surface area (Å²) in [4.78, 5) is 22.6. The van der Waals surface area contributed by atoms with Crippen molar-refractivity contribution in [3.63, 3.8) is 0 Å². The molecule has 2 heterocycles. The first-order chi connectivity index (χ1) is 13.4. The van der Waals surface area contributed by atoms with Crippen molar-refractivity contribution in [1.82, 2.24) is 14.9 Å². The topological polar surface area (TPSA) is 58.1 Å². The first-order valence-corrected chi connectivity index (χ1v) is 9.32. The van der Waals surface area contributed by atoms with Gasteiger partial charge in [-0.25, -0.2) is 9.97 Å². The van der Waals surface area contributed by atoms with Crippen LogP contribution in [0, 0.1) is 5.92 Å². The number of halogens is 3. The molecule has 1 aliphatic heterocycles. The van der Waals surface area contributed by atoms with Gasteiger partial charge in [0.05, 0.1) is 11.1 Å². The van der Waals surface area contributed by atoms with E-state index in [0.717, 1.165) is 18.9 Å². The lowest BCUT2D eigenvalue weighted by Crippen LogP contribution is -2.40. The lowest BCUT2D eigenvalue weighted by Gasteiger charge is -2.33. The number of anilines is 1. The number of aryl methyl sites for hydroxylation is 1. The second-order valence-electron chi connectivity index (χ2n) is 7.00. The van der Waals surface area contributed by atoms with E-state index in [9.17, 15) is 18.0 Å². The smallest absolute Gasteiger partial charge is 0.357 e. The number of carbonyl (C=O) groups excluding carboxylic acids is 1. The van der Waals surface area contributed by atoms with Gasteiger partial charge in [-0.15, -0.1) is 0 Å². The Labute approximate surface area is 162 Å². The molecule has 1 saturated heterocycles. The minimum atomic E-state index is -4.34. The zero-order valence-corrected chi connectivity index (χ0v) is 15.7. The third-order valence-electron chi connectivity index (χ3n) is 5.07. The number of amides is 1. The van der Waals surface area contributed by atoms with E-state index in [0.29, 0.717) is 43.0 Å². The van der Waals surface area contributed by atoms with Crippen LogP contribution in [0.15, 0.2) is 36.7 Å². The van der Waals surface area contributed by atoms with Crippen LogP contribution in [0.4, 0.5) is 19.1 Å². The van der Waals surface area contributed by atoms with Crippen LogP contribution in [0.3, 0.4) is 0 Å². The molecule has 1 aliphatic rings. The van der Waals surface area contributed by atoms with E-state index in [4.69, 9.17) is 0 Å². The fourth-order valence-corrected chi connectivity index (χ4v) is 3.61. The predicted octanol–water partition coefficient (Wildman–Crippen LogP) is 4.02. The maximum absolute atomic E-state index is 13.2. The van der Waals surface area contributed by atoms with Gasteiger partial charge in [-0.05, 0) is 43.2 Å². The van der Waals surface area contributed by atoms with Crippen molar-refractivity contribution in [1.29, 1.82) is 0 Å². The van der Waals surface area contributed by atoms with Crippen LogP contribution in [-0.4, -0.2) is 40.9 Å². The molecule has 1 aromatic heterocycles. The molecule has 1 N–H and O–H groups in total. The second-order valence-corrected chi connectivity index (χ2v) is 7.00. The molecule has 5 nitrogen and oxygen atoms in total. The van der Waals surface area contributed by atoms with E-state index < -0.39 is 11.7 Å². The number of hydrogen-bond acceptors (Lipinski definition) is 4. The van der Waals surface area contributed by atoms with Crippen molar-refractivity contribution in [3.05, 3.63) is 53.3 Å². The van der Waals surface area contributed by atoms with Crippen LogP contribution in [0.25, 0.3) is 0 Å². The van der Waals surface area contributed by atoms with Crippen LogP contribution in [-0.2, 0) is 12.6 Å². The van der Waals surface area contributed by atoms with Crippen molar-refractivity contribution < 1.29 is 18.0 Å². The molecular weight excluding hydrogens is 369 g/mol. The SMILES string of the molecule is CNc1ncc(C(=O)N2CCCC(CCc3ccccc3C(F)(F)F)C2)cn1. The zero-order chi connectivity index (χ0) is 20.1. The fourth-order valence-electron chi connectivity index (χ4n) is 3.61. The first kappa shape index (κ1) is 20.1. The number of aromatic nitrogens is 2. The molecule has 8 heteroatoms. The molecule has 150 valence electrons. The largest absolute Gasteiger partial charge is 0.416 e. The van der Waals surface area contributed by atoms with Gasteiger partial charge in [-0.1, -0.05) is 18.2 Å². The van der Waals surface area contributed by atoms with E-state index in [2.05, 4.69) is 15.3 Å². The van der Waals surface area contributed by atoms with Gasteiger partial charge in [0.15, 0.2) is 0 Å². The van der Waals surface area contributed by atoms with Gasteiger partial charge >= 0.3 is 6.18 Å². The summed E-state index contributed by atoms with van der Waals surface area (Å²) in [5.74, 6) is 0.482. The third-order valence-corrected chi connectivity index (χ3v) is 5.07. The first-order valence-electron chi connectivity index (χ1n) is 9.32. The quantitative estimate of drug-likeness (QED) is 0.835. The maximum Gasteiger partial charge on any atom is 0.416 e. The average molecular weight is 392 g/mol. The Hall–Kier alpha value is -2.64. The normalized spacial score (nSPS) is 17.4. The van der Waals surface area contributed by atoms with E-state index >= 15 is 0 Å². The van der Waals surface area contributed by atoms with Crippen LogP contribution < -0.4 is 5.32 Å². The van der Waals surface area contributed by atoms with Crippen molar-refractivity contribution in [2.75, 3.05) is 25.5 Å². The molecule has 1 atom stereocenters. The van der Waals surface area contributed by atoms with E-state index in [1.54, 1.807) is 18.0 Å². The van der Waals surface area contributed by atoms with E-state index in [-0.39, 0.29) is 11.8 Å². The maximum atomic E-state index is 13.2. The molecular formula is C20H23F3N4O. The predicted molar refractivity (Wildman–Crippen MR) is 100.0 cm³/mol. The van der Waals surface area contributed by atoms with Crippen molar-refractivity contribution >= 4 is 11.9 Å². The summed E-state index contributed by atoms with van der Waals surface area (Å²) in [6.45, 7) is 1.18. The van der Waals surface area contributed by atoms with Gasteiger partial charge in [-0.3, -0.25) is 4.79 Å². The summed E-state index contributed by atoms with van der Waals surface area (Å²) < 4.78 is 39.5. The molecule has 1 aromatic carbocycles. The van der Waals surface area contributed by atoms with Gasteiger partial charge in [0, 0.05) is 32.5 Å². The summed E-state index contributed by atoms with van der Waals surface area (Å²) in [6.07, 6.45) is 1.35. The van der Waals surface area contributed by atoms with E-state index in [1.165, 1.54) is 24.5 Å². The number of rotatable bonds is 5. The van der Waals surface area contributed by atoms with Gasteiger partial charge in [0.2, 0.25) is 5.95 Å². The monoisotopic (exact) mass is 392 g/mol. The molecule has 0 radical (unpaired) electrons. The molecule has 1 fully saturated rings. The standard InChI is InChI=1S/C20H23F3N4O/c1-24-19-25-11-16(12-26-19)18(28)27-10-4-5-14(13-27)8-9-15-6-2-3-7-17(15)20(21,22)23/h2-3,6-7,11-12,14H,4-5,8-10,13H2,1H3,(H,24,25,26). The summed E-state index contributed by atoms with van der Waals surface area (Å²) in [5.41, 5.74) is 0.164. The number of benzene rings is 1. The van der Waals surface area contributed by atoms with Crippen LogP contribution in [0.5, 0.6) is 0 Å². The molecule has 3 rings (SSSR count). The Balaban J connectivity index is 1.62. The zero-order valence-electron chi connectivity index (χ0n) is 15.7. The van der Waals surface area contributed by atoms with Crippen molar-refractivity contribution in [2.24, 2.45) is 5.92 Å². The number of likely N-dealkylation sites (tertiary alicyclic amines) is 1. The fraction of sp³-hybridized carbons (Fsp3) is 0.450. The third kappa shape index (κ3) is 4.79. The molecule has 1 unspecified atom stereocenters. The highest BCUT2D eigenvalue weighted by Gasteiger charge is 2.33. The Morgan fingerprint density at radius 1 is 1.25 bits per heavy atom. The van der Waals surface area contributed by atoms with Crippen LogP contribution in [0.1, 0.15) is 40.7 Å². The highest BCUT2D eigenvalue weighted by atomic mass is 19.4. The number of piperidine rings is 1. The molecule has 0 saturated carbocycles. The Bertz CT molecular complexity index is 808. The average Bonchev–Trinajstić information content (AvgIpc) is 2.71. The summed E-state index contributed by atoms with van der Waals surface area (Å²) in [7, 11) is 1.70. The Kier molecular flexibility index (Phi) is 6.16. The molecule has 1 amide bonds. The minimum absolute atomic E-state index is 0.136.